The summed E-state index contributed by atoms with van der Waals surface area (Å²) in [7, 11) is 1.65. The summed E-state index contributed by atoms with van der Waals surface area (Å²) < 4.78 is 18.4. The van der Waals surface area contributed by atoms with Crippen molar-refractivity contribution in [3.8, 4) is 5.75 Å². The summed E-state index contributed by atoms with van der Waals surface area (Å²) in [5, 5.41) is 3.24. The third-order valence-corrected chi connectivity index (χ3v) is 3.22. The number of nitrogens with two attached hydrogens (primary N) is 1. The zero-order valence-electron chi connectivity index (χ0n) is 11.7. The molecule has 2 aromatic carbocycles. The summed E-state index contributed by atoms with van der Waals surface area (Å²) >= 11 is 0. The maximum atomic E-state index is 13.3. The monoisotopic (exact) mass is 274 g/mol. The Balaban J connectivity index is 1.94. The van der Waals surface area contributed by atoms with Crippen molar-refractivity contribution in [1.29, 1.82) is 0 Å². The van der Waals surface area contributed by atoms with Gasteiger partial charge in [0.2, 0.25) is 0 Å². The van der Waals surface area contributed by atoms with Gasteiger partial charge < -0.3 is 15.8 Å². The van der Waals surface area contributed by atoms with Crippen molar-refractivity contribution < 1.29 is 9.13 Å². The molecular formula is C16H19FN2O. The Morgan fingerprint density at radius 3 is 2.55 bits per heavy atom. The molecule has 0 heterocycles. The van der Waals surface area contributed by atoms with Crippen LogP contribution in [-0.4, -0.2) is 13.7 Å². The molecule has 0 fully saturated rings. The molecule has 0 bridgehead atoms. The minimum Gasteiger partial charge on any atom is -0.497 e. The van der Waals surface area contributed by atoms with Crippen LogP contribution < -0.4 is 15.8 Å². The Labute approximate surface area is 118 Å². The molecule has 20 heavy (non-hydrogen) atoms. The van der Waals surface area contributed by atoms with Crippen LogP contribution in [-0.2, 0) is 6.42 Å². The lowest BCUT2D eigenvalue weighted by molar-refractivity contribution is 0.414. The van der Waals surface area contributed by atoms with E-state index in [1.54, 1.807) is 20.1 Å². The lowest BCUT2D eigenvalue weighted by atomic mass is 10.1. The zero-order valence-corrected chi connectivity index (χ0v) is 11.7. The maximum absolute atomic E-state index is 13.3. The van der Waals surface area contributed by atoms with Gasteiger partial charge in [0.15, 0.2) is 0 Å². The van der Waals surface area contributed by atoms with Crippen LogP contribution in [0.4, 0.5) is 15.8 Å². The third-order valence-electron chi connectivity index (χ3n) is 3.22. The SMILES string of the molecule is COc1ccc(CCNc2cc(C)c(F)cc2N)cc1. The second kappa shape index (κ2) is 6.28. The molecule has 0 amide bonds. The Morgan fingerprint density at radius 2 is 1.90 bits per heavy atom. The van der Waals surface area contributed by atoms with Crippen molar-refractivity contribution in [3.63, 3.8) is 0 Å². The van der Waals surface area contributed by atoms with E-state index in [-0.39, 0.29) is 5.82 Å². The van der Waals surface area contributed by atoms with Crippen molar-refractivity contribution in [3.05, 3.63) is 53.3 Å². The van der Waals surface area contributed by atoms with Crippen molar-refractivity contribution in [1.82, 2.24) is 0 Å². The van der Waals surface area contributed by atoms with E-state index in [0.717, 1.165) is 24.4 Å². The number of aryl methyl sites for hydroxylation is 1. The molecule has 2 aromatic rings. The summed E-state index contributed by atoms with van der Waals surface area (Å²) in [6.07, 6.45) is 0.861. The molecule has 0 atom stereocenters. The number of nitrogen functional groups attached to an aromatic ring is 1. The second-order valence-electron chi connectivity index (χ2n) is 4.71. The van der Waals surface area contributed by atoms with Gasteiger partial charge in [-0.25, -0.2) is 4.39 Å². The van der Waals surface area contributed by atoms with Crippen molar-refractivity contribution in [2.45, 2.75) is 13.3 Å². The second-order valence-corrected chi connectivity index (χ2v) is 4.71. The van der Waals surface area contributed by atoms with Gasteiger partial charge in [-0.3, -0.25) is 0 Å². The van der Waals surface area contributed by atoms with E-state index in [1.165, 1.54) is 11.6 Å². The molecule has 0 radical (unpaired) electrons. The summed E-state index contributed by atoms with van der Waals surface area (Å²) in [6, 6.07) is 11.0. The highest BCUT2D eigenvalue weighted by molar-refractivity contribution is 5.67. The number of nitrogens with one attached hydrogen (secondary N) is 1. The molecule has 0 spiro atoms. The number of anilines is 2. The average molecular weight is 274 g/mol. The van der Waals surface area contributed by atoms with E-state index >= 15 is 0 Å². The van der Waals surface area contributed by atoms with Crippen LogP contribution in [0.3, 0.4) is 0 Å². The maximum Gasteiger partial charge on any atom is 0.128 e. The fraction of sp³-hybridized carbons (Fsp3) is 0.250. The van der Waals surface area contributed by atoms with Gasteiger partial charge in [0, 0.05) is 6.54 Å². The normalized spacial score (nSPS) is 10.3. The summed E-state index contributed by atoms with van der Waals surface area (Å²) in [4.78, 5) is 0. The van der Waals surface area contributed by atoms with Gasteiger partial charge in [-0.2, -0.15) is 0 Å². The molecule has 0 aliphatic heterocycles. The number of methoxy groups -OCH3 is 1. The molecule has 3 N–H and O–H groups in total. The molecule has 0 saturated heterocycles. The van der Waals surface area contributed by atoms with Crippen LogP contribution in [0.1, 0.15) is 11.1 Å². The van der Waals surface area contributed by atoms with Gasteiger partial charge in [-0.1, -0.05) is 12.1 Å². The predicted octanol–water partition coefficient (Wildman–Crippen LogP) is 3.38. The van der Waals surface area contributed by atoms with Gasteiger partial charge in [0.1, 0.15) is 11.6 Å². The van der Waals surface area contributed by atoms with Gasteiger partial charge in [-0.15, -0.1) is 0 Å². The highest BCUT2D eigenvalue weighted by atomic mass is 19.1. The molecule has 0 aliphatic rings. The first-order valence-corrected chi connectivity index (χ1v) is 6.52. The number of hydrogen-bond donors (Lipinski definition) is 2. The first-order valence-electron chi connectivity index (χ1n) is 6.52. The van der Waals surface area contributed by atoms with Crippen molar-refractivity contribution in [2.24, 2.45) is 0 Å². The summed E-state index contributed by atoms with van der Waals surface area (Å²) in [5.41, 5.74) is 8.79. The highest BCUT2D eigenvalue weighted by Gasteiger charge is 2.04. The molecule has 0 aliphatic carbocycles. The lowest BCUT2D eigenvalue weighted by Gasteiger charge is -2.11. The molecular weight excluding hydrogens is 255 g/mol. The fourth-order valence-corrected chi connectivity index (χ4v) is 1.98. The molecule has 4 heteroatoms. The van der Waals surface area contributed by atoms with E-state index < -0.39 is 0 Å². The zero-order chi connectivity index (χ0) is 14.5. The minimum absolute atomic E-state index is 0.275. The number of ether oxygens (including phenoxy) is 1. The number of hydrogen-bond acceptors (Lipinski definition) is 3. The standard InChI is InChI=1S/C16H19FN2O/c1-11-9-16(15(18)10-14(11)17)19-8-7-12-3-5-13(20-2)6-4-12/h3-6,9-10,19H,7-8,18H2,1-2H3. The van der Waals surface area contributed by atoms with Gasteiger partial charge >= 0.3 is 0 Å². The largest absolute Gasteiger partial charge is 0.497 e. The van der Waals surface area contributed by atoms with E-state index in [2.05, 4.69) is 5.32 Å². The smallest absolute Gasteiger partial charge is 0.128 e. The number of halogens is 1. The molecule has 2 rings (SSSR count). The van der Waals surface area contributed by atoms with Crippen LogP contribution in [0.25, 0.3) is 0 Å². The molecule has 106 valence electrons. The van der Waals surface area contributed by atoms with E-state index in [9.17, 15) is 4.39 Å². The summed E-state index contributed by atoms with van der Waals surface area (Å²) in [6.45, 7) is 2.46. The first kappa shape index (κ1) is 14.2. The Bertz CT molecular complexity index is 582. The van der Waals surface area contributed by atoms with Crippen LogP contribution in [0.15, 0.2) is 36.4 Å². The van der Waals surface area contributed by atoms with E-state index in [4.69, 9.17) is 10.5 Å². The Hall–Kier alpha value is -2.23. The van der Waals surface area contributed by atoms with Crippen LogP contribution in [0.2, 0.25) is 0 Å². The number of benzene rings is 2. The van der Waals surface area contributed by atoms with Gasteiger partial charge in [0.25, 0.3) is 0 Å². The van der Waals surface area contributed by atoms with Crippen LogP contribution >= 0.6 is 0 Å². The van der Waals surface area contributed by atoms with Crippen molar-refractivity contribution >= 4 is 11.4 Å². The van der Waals surface area contributed by atoms with Crippen LogP contribution in [0, 0.1) is 12.7 Å². The topological polar surface area (TPSA) is 47.3 Å². The predicted molar refractivity (Wildman–Crippen MR) is 80.7 cm³/mol. The molecule has 0 unspecified atom stereocenters. The first-order chi connectivity index (χ1) is 9.60. The van der Waals surface area contributed by atoms with Gasteiger partial charge in [-0.05, 0) is 48.7 Å². The lowest BCUT2D eigenvalue weighted by Crippen LogP contribution is -2.07. The molecule has 3 nitrogen and oxygen atoms in total. The number of rotatable bonds is 5. The highest BCUT2D eigenvalue weighted by Crippen LogP contribution is 2.22. The quantitative estimate of drug-likeness (QED) is 0.822. The van der Waals surface area contributed by atoms with Gasteiger partial charge in [0.05, 0.1) is 18.5 Å². The third kappa shape index (κ3) is 3.41. The Kier molecular flexibility index (Phi) is 4.45. The van der Waals surface area contributed by atoms with Crippen LogP contribution in [0.5, 0.6) is 5.75 Å². The Morgan fingerprint density at radius 1 is 1.20 bits per heavy atom. The average Bonchev–Trinajstić information content (AvgIpc) is 2.45. The minimum atomic E-state index is -0.275. The van der Waals surface area contributed by atoms with E-state index in [0.29, 0.717) is 11.3 Å². The fourth-order valence-electron chi connectivity index (χ4n) is 1.98. The van der Waals surface area contributed by atoms with Crippen molar-refractivity contribution in [2.75, 3.05) is 24.7 Å². The summed E-state index contributed by atoms with van der Waals surface area (Å²) in [5.74, 6) is 0.573. The molecule has 0 aromatic heterocycles. The van der Waals surface area contributed by atoms with E-state index in [1.807, 2.05) is 24.3 Å². The molecule has 0 saturated carbocycles.